The van der Waals surface area contributed by atoms with Crippen LogP contribution in [0, 0.1) is 0 Å². The summed E-state index contributed by atoms with van der Waals surface area (Å²) in [7, 11) is -3.90. The van der Waals surface area contributed by atoms with Gasteiger partial charge in [0.25, 0.3) is 5.91 Å². The number of carbonyl (C=O) groups is 2. The maximum absolute atomic E-state index is 13.1. The summed E-state index contributed by atoms with van der Waals surface area (Å²) in [6, 6.07) is 7.81. The molecule has 0 aliphatic carbocycles. The molecule has 0 bridgehead atoms. The predicted molar refractivity (Wildman–Crippen MR) is 133 cm³/mol. The molecule has 2 aromatic heterocycles. The smallest absolute Gasteiger partial charge is 0.341 e. The third-order valence-electron chi connectivity index (χ3n) is 5.07. The van der Waals surface area contributed by atoms with Gasteiger partial charge in [0.2, 0.25) is 10.0 Å². The van der Waals surface area contributed by atoms with E-state index in [1.54, 1.807) is 12.3 Å². The summed E-state index contributed by atoms with van der Waals surface area (Å²) in [5.41, 5.74) is 1.02. The summed E-state index contributed by atoms with van der Waals surface area (Å²) in [6.07, 6.45) is 0. The van der Waals surface area contributed by atoms with Crippen LogP contribution in [0.15, 0.2) is 46.0 Å². The van der Waals surface area contributed by atoms with Gasteiger partial charge in [-0.05, 0) is 36.6 Å². The highest BCUT2D eigenvalue weighted by molar-refractivity contribution is 7.89. The van der Waals surface area contributed by atoms with Gasteiger partial charge in [0.1, 0.15) is 15.5 Å². The van der Waals surface area contributed by atoms with Crippen molar-refractivity contribution in [3.8, 4) is 10.4 Å². The van der Waals surface area contributed by atoms with Gasteiger partial charge in [0.15, 0.2) is 0 Å². The fraction of sp³-hybridized carbons (Fsp3) is 0.273. The number of rotatable bonds is 7. The zero-order valence-electron chi connectivity index (χ0n) is 18.1. The van der Waals surface area contributed by atoms with E-state index in [0.29, 0.717) is 23.8 Å². The minimum absolute atomic E-state index is 0.0198. The lowest BCUT2D eigenvalue weighted by Gasteiger charge is -2.26. The van der Waals surface area contributed by atoms with Crippen LogP contribution < -0.4 is 5.32 Å². The van der Waals surface area contributed by atoms with Crippen LogP contribution in [0.5, 0.6) is 0 Å². The molecule has 1 aliphatic rings. The van der Waals surface area contributed by atoms with Crippen molar-refractivity contribution >= 4 is 61.2 Å². The Morgan fingerprint density at radius 1 is 1.21 bits per heavy atom. The van der Waals surface area contributed by atoms with Crippen molar-refractivity contribution in [2.75, 3.05) is 38.2 Å². The van der Waals surface area contributed by atoms with Gasteiger partial charge in [-0.2, -0.15) is 4.31 Å². The van der Waals surface area contributed by atoms with Crippen LogP contribution in [0.4, 0.5) is 5.00 Å². The number of benzene rings is 1. The first kappa shape index (κ1) is 24.8. The quantitative estimate of drug-likeness (QED) is 0.440. The van der Waals surface area contributed by atoms with E-state index in [1.165, 1.54) is 45.2 Å². The van der Waals surface area contributed by atoms with Gasteiger partial charge in [-0.15, -0.1) is 22.7 Å². The molecule has 0 atom stereocenters. The van der Waals surface area contributed by atoms with E-state index >= 15 is 0 Å². The zero-order valence-corrected chi connectivity index (χ0v) is 21.3. The average molecular weight is 541 g/mol. The second kappa shape index (κ2) is 10.5. The van der Waals surface area contributed by atoms with E-state index in [1.807, 2.05) is 17.5 Å². The number of sulfonamides is 1. The molecule has 0 spiro atoms. The van der Waals surface area contributed by atoms with E-state index in [2.05, 4.69) is 5.32 Å². The Hall–Kier alpha value is -2.28. The van der Waals surface area contributed by atoms with Crippen molar-refractivity contribution in [2.24, 2.45) is 0 Å². The highest BCUT2D eigenvalue weighted by Crippen LogP contribution is 2.38. The summed E-state index contributed by atoms with van der Waals surface area (Å²) in [5.74, 6) is -1.12. The van der Waals surface area contributed by atoms with Gasteiger partial charge in [-0.3, -0.25) is 4.79 Å². The van der Waals surface area contributed by atoms with Crippen LogP contribution in [0.3, 0.4) is 0 Å². The molecule has 8 nitrogen and oxygen atoms in total. The average Bonchev–Trinajstić information content (AvgIpc) is 3.50. The fourth-order valence-electron chi connectivity index (χ4n) is 3.41. The molecule has 12 heteroatoms. The number of nitrogens with one attached hydrogen (secondary N) is 1. The highest BCUT2D eigenvalue weighted by atomic mass is 35.5. The third kappa shape index (κ3) is 5.04. The second-order valence-corrected chi connectivity index (χ2v) is 11.3. The first-order valence-electron chi connectivity index (χ1n) is 10.3. The van der Waals surface area contributed by atoms with Gasteiger partial charge in [0, 0.05) is 34.5 Å². The predicted octanol–water partition coefficient (Wildman–Crippen LogP) is 4.58. The number of carbonyl (C=O) groups excluding carboxylic acids is 2. The number of hydrogen-bond acceptors (Lipinski definition) is 8. The maximum atomic E-state index is 13.1. The number of amides is 1. The van der Waals surface area contributed by atoms with E-state index in [4.69, 9.17) is 21.1 Å². The van der Waals surface area contributed by atoms with Crippen LogP contribution in [0.2, 0.25) is 5.02 Å². The molecule has 180 valence electrons. The standard InChI is InChI=1S/C22H21ClN2O6S3/c1-2-31-22(27)19-15(17-4-3-11-32-17)13-33-21(19)24-20(26)14-5-6-16(23)18(12-14)34(28,29)25-7-9-30-10-8-25/h3-6,11-13H,2,7-10H2,1H3,(H,24,26). The first-order chi connectivity index (χ1) is 16.3. The van der Waals surface area contributed by atoms with Gasteiger partial charge in [-0.1, -0.05) is 17.7 Å². The third-order valence-corrected chi connectivity index (χ3v) is 9.24. The number of hydrogen-bond donors (Lipinski definition) is 1. The number of morpholine rings is 1. The molecule has 1 amide bonds. The highest BCUT2D eigenvalue weighted by Gasteiger charge is 2.30. The molecule has 3 heterocycles. The molecule has 1 fully saturated rings. The SMILES string of the molecule is CCOC(=O)c1c(-c2cccs2)csc1NC(=O)c1ccc(Cl)c(S(=O)(=O)N2CCOCC2)c1. The molecular formula is C22H21ClN2O6S3. The lowest BCUT2D eigenvalue weighted by Crippen LogP contribution is -2.40. The lowest BCUT2D eigenvalue weighted by molar-refractivity contribution is 0.0529. The Bertz CT molecular complexity index is 1300. The molecule has 34 heavy (non-hydrogen) atoms. The topological polar surface area (TPSA) is 102 Å². The van der Waals surface area contributed by atoms with Crippen LogP contribution in [0.25, 0.3) is 10.4 Å². The van der Waals surface area contributed by atoms with Gasteiger partial charge >= 0.3 is 5.97 Å². The summed E-state index contributed by atoms with van der Waals surface area (Å²) < 4.78 is 37.9. The zero-order chi connectivity index (χ0) is 24.3. The van der Waals surface area contributed by atoms with Crippen molar-refractivity contribution in [2.45, 2.75) is 11.8 Å². The summed E-state index contributed by atoms with van der Waals surface area (Å²) >= 11 is 8.86. The monoisotopic (exact) mass is 540 g/mol. The molecule has 0 unspecified atom stereocenters. The molecule has 1 aromatic carbocycles. The van der Waals surface area contributed by atoms with Crippen LogP contribution in [-0.2, 0) is 19.5 Å². The molecule has 1 saturated heterocycles. The number of nitrogens with zero attached hydrogens (tertiary/aromatic N) is 1. The fourth-order valence-corrected chi connectivity index (χ4v) is 7.09. The van der Waals surface area contributed by atoms with Crippen molar-refractivity contribution in [1.82, 2.24) is 4.31 Å². The van der Waals surface area contributed by atoms with Crippen molar-refractivity contribution in [3.05, 3.63) is 57.2 Å². The number of anilines is 1. The van der Waals surface area contributed by atoms with Gasteiger partial charge < -0.3 is 14.8 Å². The van der Waals surface area contributed by atoms with E-state index < -0.39 is 21.9 Å². The molecular weight excluding hydrogens is 520 g/mol. The molecule has 0 saturated carbocycles. The van der Waals surface area contributed by atoms with Crippen molar-refractivity contribution in [1.29, 1.82) is 0 Å². The van der Waals surface area contributed by atoms with Gasteiger partial charge in [0.05, 0.1) is 24.8 Å². The molecule has 1 N–H and O–H groups in total. The number of ether oxygens (including phenoxy) is 2. The largest absolute Gasteiger partial charge is 0.462 e. The Balaban J connectivity index is 1.65. The molecule has 0 radical (unpaired) electrons. The minimum atomic E-state index is -3.90. The summed E-state index contributed by atoms with van der Waals surface area (Å²) in [5, 5.41) is 6.75. The van der Waals surface area contributed by atoms with Crippen molar-refractivity contribution < 1.29 is 27.5 Å². The summed E-state index contributed by atoms with van der Waals surface area (Å²) in [6.45, 7) is 2.89. The molecule has 4 rings (SSSR count). The molecule has 1 aliphatic heterocycles. The Kier molecular flexibility index (Phi) is 7.70. The number of thiophene rings is 2. The van der Waals surface area contributed by atoms with Crippen molar-refractivity contribution in [3.63, 3.8) is 0 Å². The Morgan fingerprint density at radius 3 is 2.65 bits per heavy atom. The van der Waals surface area contributed by atoms with E-state index in [9.17, 15) is 18.0 Å². The first-order valence-corrected chi connectivity index (χ1v) is 13.9. The Morgan fingerprint density at radius 2 is 1.97 bits per heavy atom. The van der Waals surface area contributed by atoms with E-state index in [-0.39, 0.29) is 40.7 Å². The second-order valence-electron chi connectivity index (χ2n) is 7.17. The summed E-state index contributed by atoms with van der Waals surface area (Å²) in [4.78, 5) is 26.5. The lowest BCUT2D eigenvalue weighted by atomic mass is 10.1. The minimum Gasteiger partial charge on any atom is -0.462 e. The number of esters is 1. The van der Waals surface area contributed by atoms with Crippen LogP contribution in [-0.4, -0.2) is 57.5 Å². The van der Waals surface area contributed by atoms with Gasteiger partial charge in [-0.25, -0.2) is 13.2 Å². The number of halogens is 1. The van der Waals surface area contributed by atoms with Crippen LogP contribution in [0.1, 0.15) is 27.6 Å². The molecule has 3 aromatic rings. The maximum Gasteiger partial charge on any atom is 0.341 e. The van der Waals surface area contributed by atoms with E-state index in [0.717, 1.165) is 4.88 Å². The normalized spacial score (nSPS) is 14.6. The Labute approximate surface area is 210 Å². The van der Waals surface area contributed by atoms with Crippen LogP contribution >= 0.6 is 34.3 Å².